The zero-order chi connectivity index (χ0) is 17.1. The Bertz CT molecular complexity index is 690. The van der Waals surface area contributed by atoms with Crippen molar-refractivity contribution in [3.05, 3.63) is 33.4 Å². The van der Waals surface area contributed by atoms with E-state index in [1.807, 2.05) is 0 Å². The molecule has 2 rings (SSSR count). The van der Waals surface area contributed by atoms with Crippen LogP contribution in [0.5, 0.6) is 0 Å². The van der Waals surface area contributed by atoms with Crippen LogP contribution >= 0.6 is 11.8 Å². The monoisotopic (exact) mass is 338 g/mol. The minimum Gasteiger partial charge on any atom is -0.393 e. The number of anilines is 1. The zero-order valence-corrected chi connectivity index (χ0v) is 13.0. The van der Waals surface area contributed by atoms with Crippen LogP contribution in [0.1, 0.15) is 15.9 Å². The molecule has 0 spiro atoms. The van der Waals surface area contributed by atoms with Gasteiger partial charge in [0.15, 0.2) is 0 Å². The van der Waals surface area contributed by atoms with Crippen molar-refractivity contribution in [1.82, 2.24) is 10.2 Å². The van der Waals surface area contributed by atoms with Crippen LogP contribution in [-0.2, 0) is 4.79 Å². The van der Waals surface area contributed by atoms with E-state index in [2.05, 4.69) is 5.32 Å². The summed E-state index contributed by atoms with van der Waals surface area (Å²) >= 11 is 0.908. The number of hydrogen-bond acceptors (Lipinski definition) is 7. The lowest BCUT2D eigenvalue weighted by molar-refractivity contribution is -0.384. The van der Waals surface area contributed by atoms with Crippen LogP contribution in [-0.4, -0.2) is 45.7 Å². The molecule has 1 heterocycles. The molecule has 1 aromatic carbocycles. The molecule has 0 atom stereocenters. The minimum atomic E-state index is -0.655. The maximum absolute atomic E-state index is 12.1. The van der Waals surface area contributed by atoms with Gasteiger partial charge in [0, 0.05) is 19.2 Å². The minimum absolute atomic E-state index is 0.00912. The summed E-state index contributed by atoms with van der Waals surface area (Å²) in [6.07, 6.45) is 0. The van der Waals surface area contributed by atoms with Gasteiger partial charge >= 0.3 is 0 Å². The first-order valence-corrected chi connectivity index (χ1v) is 7.59. The second-order valence-corrected chi connectivity index (χ2v) is 5.78. The molecule has 3 amide bonds. The normalized spacial score (nSPS) is 14.2. The van der Waals surface area contributed by atoms with Gasteiger partial charge < -0.3 is 11.1 Å². The summed E-state index contributed by atoms with van der Waals surface area (Å²) < 4.78 is 0. The third-order valence-corrected chi connectivity index (χ3v) is 4.06. The topological polar surface area (TPSA) is 136 Å². The number of nitrogens with zero attached hydrogens (tertiary/aromatic N) is 2. The number of nitrogen functional groups attached to an aromatic ring is 1. The number of carbonyl (C=O) groups excluding carboxylic acids is 3. The number of thioether (sulfide) groups is 1. The SMILES string of the molecule is Cc1cc(C(=O)NCCN2C(=O)CSC2=O)c(N)c([N+](=O)[O-])c1. The lowest BCUT2D eigenvalue weighted by Gasteiger charge is -2.14. The van der Waals surface area contributed by atoms with Crippen LogP contribution in [0.15, 0.2) is 12.1 Å². The summed E-state index contributed by atoms with van der Waals surface area (Å²) in [5.41, 5.74) is 5.63. The summed E-state index contributed by atoms with van der Waals surface area (Å²) in [6.45, 7) is 1.70. The molecule has 0 unspecified atom stereocenters. The van der Waals surface area contributed by atoms with Gasteiger partial charge in [-0.25, -0.2) is 0 Å². The Kier molecular flexibility index (Phi) is 4.84. The molecule has 0 aliphatic carbocycles. The predicted molar refractivity (Wildman–Crippen MR) is 84.1 cm³/mol. The molecular weight excluding hydrogens is 324 g/mol. The highest BCUT2D eigenvalue weighted by Gasteiger charge is 2.29. The highest BCUT2D eigenvalue weighted by atomic mass is 32.2. The molecule has 23 heavy (non-hydrogen) atoms. The van der Waals surface area contributed by atoms with Crippen molar-refractivity contribution in [2.24, 2.45) is 0 Å². The van der Waals surface area contributed by atoms with Crippen LogP contribution in [0.4, 0.5) is 16.2 Å². The highest BCUT2D eigenvalue weighted by Crippen LogP contribution is 2.27. The van der Waals surface area contributed by atoms with Gasteiger partial charge in [0.1, 0.15) is 5.69 Å². The van der Waals surface area contributed by atoms with E-state index in [-0.39, 0.29) is 46.9 Å². The maximum Gasteiger partial charge on any atom is 0.293 e. The molecule has 1 saturated heterocycles. The molecule has 0 radical (unpaired) electrons. The molecule has 1 aliphatic heterocycles. The van der Waals surface area contributed by atoms with Crippen molar-refractivity contribution >= 4 is 40.2 Å². The fourth-order valence-electron chi connectivity index (χ4n) is 2.09. The van der Waals surface area contributed by atoms with E-state index in [0.29, 0.717) is 5.56 Å². The average Bonchev–Trinajstić information content (AvgIpc) is 2.80. The number of imide groups is 1. The third kappa shape index (κ3) is 3.59. The summed E-state index contributed by atoms with van der Waals surface area (Å²) in [5, 5.41) is 13.1. The number of nitro groups is 1. The van der Waals surface area contributed by atoms with Crippen molar-refractivity contribution in [3.63, 3.8) is 0 Å². The maximum atomic E-state index is 12.1. The lowest BCUT2D eigenvalue weighted by Crippen LogP contribution is -2.37. The van der Waals surface area contributed by atoms with Crippen molar-refractivity contribution in [1.29, 1.82) is 0 Å². The van der Waals surface area contributed by atoms with Crippen LogP contribution in [0.2, 0.25) is 0 Å². The van der Waals surface area contributed by atoms with Crippen LogP contribution in [0.25, 0.3) is 0 Å². The van der Waals surface area contributed by atoms with Gasteiger partial charge in [-0.05, 0) is 18.6 Å². The number of amides is 3. The van der Waals surface area contributed by atoms with Gasteiger partial charge in [-0.3, -0.25) is 29.4 Å². The van der Waals surface area contributed by atoms with Gasteiger partial charge in [0.2, 0.25) is 5.91 Å². The van der Waals surface area contributed by atoms with Gasteiger partial charge in [0.05, 0.1) is 16.2 Å². The van der Waals surface area contributed by atoms with Crippen LogP contribution in [0.3, 0.4) is 0 Å². The van der Waals surface area contributed by atoms with Crippen molar-refractivity contribution < 1.29 is 19.3 Å². The van der Waals surface area contributed by atoms with Crippen molar-refractivity contribution in [2.45, 2.75) is 6.92 Å². The van der Waals surface area contributed by atoms with Gasteiger partial charge in [-0.2, -0.15) is 0 Å². The third-order valence-electron chi connectivity index (χ3n) is 3.21. The first-order valence-electron chi connectivity index (χ1n) is 6.61. The van der Waals surface area contributed by atoms with E-state index in [1.165, 1.54) is 12.1 Å². The molecule has 1 aromatic rings. The Labute approximate surface area is 135 Å². The molecule has 9 nitrogen and oxygen atoms in total. The number of hydrogen-bond donors (Lipinski definition) is 2. The predicted octanol–water partition coefficient (Wildman–Crippen LogP) is 0.911. The Balaban J connectivity index is 2.05. The molecule has 122 valence electrons. The van der Waals surface area contributed by atoms with E-state index in [9.17, 15) is 24.5 Å². The first-order chi connectivity index (χ1) is 10.8. The van der Waals surface area contributed by atoms with Crippen LogP contribution < -0.4 is 11.1 Å². The first kappa shape index (κ1) is 16.7. The smallest absolute Gasteiger partial charge is 0.293 e. The highest BCUT2D eigenvalue weighted by molar-refractivity contribution is 8.14. The van der Waals surface area contributed by atoms with E-state index in [1.54, 1.807) is 6.92 Å². The van der Waals surface area contributed by atoms with Crippen molar-refractivity contribution in [3.8, 4) is 0 Å². The van der Waals surface area contributed by atoms with Crippen molar-refractivity contribution in [2.75, 3.05) is 24.6 Å². The Hall–Kier alpha value is -2.62. The van der Waals surface area contributed by atoms with Gasteiger partial charge in [-0.15, -0.1) is 0 Å². The summed E-state index contributed by atoms with van der Waals surface area (Å²) in [7, 11) is 0. The number of nitrogens with two attached hydrogens (primary N) is 1. The summed E-state index contributed by atoms with van der Waals surface area (Å²) in [6, 6.07) is 2.73. The largest absolute Gasteiger partial charge is 0.393 e. The second-order valence-electron chi connectivity index (χ2n) is 4.86. The van der Waals surface area contributed by atoms with Gasteiger partial charge in [0.25, 0.3) is 16.8 Å². The number of nitro benzene ring substituents is 1. The molecule has 1 aliphatic rings. The Morgan fingerprint density at radius 2 is 2.17 bits per heavy atom. The standard InChI is InChI=1S/C13H14N4O5S/c1-7-4-8(11(14)9(5-7)17(21)22)12(19)15-2-3-16-10(18)6-23-13(16)20/h4-5H,2-3,6,14H2,1H3,(H,15,19). The Morgan fingerprint density at radius 1 is 1.48 bits per heavy atom. The van der Waals surface area contributed by atoms with E-state index >= 15 is 0 Å². The summed E-state index contributed by atoms with van der Waals surface area (Å²) in [5.74, 6) is -0.801. The number of carbonyl (C=O) groups is 3. The Morgan fingerprint density at radius 3 is 2.74 bits per heavy atom. The van der Waals surface area contributed by atoms with Crippen LogP contribution in [0, 0.1) is 17.0 Å². The van der Waals surface area contributed by atoms with E-state index in [4.69, 9.17) is 5.73 Å². The molecule has 3 N–H and O–H groups in total. The fourth-order valence-corrected chi connectivity index (χ4v) is 2.84. The molecular formula is C13H14N4O5S. The van der Waals surface area contributed by atoms with E-state index < -0.39 is 10.8 Å². The molecule has 0 aromatic heterocycles. The molecule has 10 heteroatoms. The number of nitrogens with one attached hydrogen (secondary N) is 1. The fraction of sp³-hybridized carbons (Fsp3) is 0.308. The van der Waals surface area contributed by atoms with Gasteiger partial charge in [-0.1, -0.05) is 11.8 Å². The lowest BCUT2D eigenvalue weighted by atomic mass is 10.1. The number of benzene rings is 1. The number of aryl methyl sites for hydroxylation is 1. The molecule has 0 saturated carbocycles. The quantitative estimate of drug-likeness (QED) is 0.462. The zero-order valence-electron chi connectivity index (χ0n) is 12.2. The molecule has 0 bridgehead atoms. The van der Waals surface area contributed by atoms with E-state index in [0.717, 1.165) is 16.7 Å². The number of rotatable bonds is 5. The average molecular weight is 338 g/mol. The molecule has 1 fully saturated rings. The summed E-state index contributed by atoms with van der Waals surface area (Å²) in [4.78, 5) is 46.3. The second kappa shape index (κ2) is 6.65.